The van der Waals surface area contributed by atoms with E-state index >= 15 is 0 Å². The Morgan fingerprint density at radius 1 is 0.857 bits per heavy atom. The molecule has 1 saturated heterocycles. The molecule has 0 aromatic heterocycles. The van der Waals surface area contributed by atoms with Gasteiger partial charge in [-0.05, 0) is 74.6 Å². The Morgan fingerprint density at radius 3 is 2.21 bits per heavy atom. The highest BCUT2D eigenvalue weighted by atomic mass is 16.5. The van der Waals surface area contributed by atoms with E-state index in [2.05, 4.69) is 47.4 Å². The Bertz CT molecular complexity index is 743. The summed E-state index contributed by atoms with van der Waals surface area (Å²) in [6, 6.07) is 14.8. The molecule has 6 heteroatoms. The number of nitrogens with zero attached hydrogens (tertiary/aromatic N) is 1. The van der Waals surface area contributed by atoms with Crippen LogP contribution in [0.1, 0.15) is 38.5 Å². The summed E-state index contributed by atoms with van der Waals surface area (Å²) in [7, 11) is 0. The zero-order valence-electron chi connectivity index (χ0n) is 16.2. The summed E-state index contributed by atoms with van der Waals surface area (Å²) in [5.74, 6) is -2.65. The molecule has 1 aliphatic heterocycles. The van der Waals surface area contributed by atoms with Gasteiger partial charge in [0.25, 0.3) is 0 Å². The van der Waals surface area contributed by atoms with E-state index in [1.165, 1.54) is 62.5 Å². The van der Waals surface area contributed by atoms with E-state index < -0.39 is 11.9 Å². The second-order valence-electron chi connectivity index (χ2n) is 6.93. The minimum absolute atomic E-state index is 0.832. The third-order valence-corrected chi connectivity index (χ3v) is 4.74. The molecule has 0 amide bonds. The number of carboxylic acids is 2. The van der Waals surface area contributed by atoms with Crippen LogP contribution in [-0.2, 0) is 9.59 Å². The molecule has 1 aliphatic rings. The van der Waals surface area contributed by atoms with Crippen LogP contribution in [0, 0.1) is 0 Å². The molecule has 0 aliphatic carbocycles. The van der Waals surface area contributed by atoms with Crippen molar-refractivity contribution in [2.75, 3.05) is 26.2 Å². The predicted octanol–water partition coefficient (Wildman–Crippen LogP) is 4.03. The lowest BCUT2D eigenvalue weighted by atomic mass is 10.1. The van der Waals surface area contributed by atoms with Crippen molar-refractivity contribution < 1.29 is 24.5 Å². The fourth-order valence-electron chi connectivity index (χ4n) is 3.24. The van der Waals surface area contributed by atoms with Gasteiger partial charge in [0.15, 0.2) is 0 Å². The number of carbonyl (C=O) groups is 2. The zero-order chi connectivity index (χ0) is 20.2. The highest BCUT2D eigenvalue weighted by molar-refractivity contribution is 6.27. The lowest BCUT2D eigenvalue weighted by Crippen LogP contribution is -2.30. The molecule has 0 atom stereocenters. The highest BCUT2D eigenvalue weighted by Crippen LogP contribution is 2.20. The molecule has 2 aromatic carbocycles. The topological polar surface area (TPSA) is 87.1 Å². The lowest BCUT2D eigenvalue weighted by molar-refractivity contribution is -0.159. The SMILES string of the molecule is O=C(O)C(=O)O.c1ccc2cc(OCCCCCN3CCCCC3)ccc2c1. The third-order valence-electron chi connectivity index (χ3n) is 4.74. The first kappa shape index (κ1) is 21.7. The van der Waals surface area contributed by atoms with Crippen LogP contribution < -0.4 is 4.74 Å². The van der Waals surface area contributed by atoms with Crippen LogP contribution in [0.4, 0.5) is 0 Å². The van der Waals surface area contributed by atoms with Gasteiger partial charge in [0.2, 0.25) is 0 Å². The van der Waals surface area contributed by atoms with Crippen LogP contribution in [0.3, 0.4) is 0 Å². The number of ether oxygens (including phenoxy) is 1. The van der Waals surface area contributed by atoms with Gasteiger partial charge in [-0.3, -0.25) is 0 Å². The first-order chi connectivity index (χ1) is 13.6. The molecule has 0 unspecified atom stereocenters. The lowest BCUT2D eigenvalue weighted by Gasteiger charge is -2.26. The van der Waals surface area contributed by atoms with Crippen molar-refractivity contribution in [3.63, 3.8) is 0 Å². The maximum absolute atomic E-state index is 9.10. The second kappa shape index (κ2) is 12.0. The van der Waals surface area contributed by atoms with Gasteiger partial charge >= 0.3 is 11.9 Å². The summed E-state index contributed by atoms with van der Waals surface area (Å²) >= 11 is 0. The normalized spacial score (nSPS) is 14.1. The molecule has 2 N–H and O–H groups in total. The third kappa shape index (κ3) is 7.96. The number of piperidine rings is 1. The number of aliphatic carboxylic acids is 2. The average molecular weight is 387 g/mol. The molecule has 1 heterocycles. The molecule has 0 radical (unpaired) electrons. The van der Waals surface area contributed by atoms with Crippen molar-refractivity contribution in [3.8, 4) is 5.75 Å². The molecule has 152 valence electrons. The number of benzene rings is 2. The molecule has 3 rings (SSSR count). The Labute approximate surface area is 165 Å². The van der Waals surface area contributed by atoms with Crippen LogP contribution in [0.25, 0.3) is 10.8 Å². The Hall–Kier alpha value is -2.60. The van der Waals surface area contributed by atoms with E-state index in [1.54, 1.807) is 0 Å². The molecule has 1 fully saturated rings. The number of hydrogen-bond acceptors (Lipinski definition) is 4. The van der Waals surface area contributed by atoms with Gasteiger partial charge in [-0.25, -0.2) is 9.59 Å². The summed E-state index contributed by atoms with van der Waals surface area (Å²) in [5, 5.41) is 17.3. The predicted molar refractivity (Wildman–Crippen MR) is 109 cm³/mol. The van der Waals surface area contributed by atoms with Crippen molar-refractivity contribution in [2.45, 2.75) is 38.5 Å². The summed E-state index contributed by atoms with van der Waals surface area (Å²) in [4.78, 5) is 20.8. The average Bonchev–Trinajstić information content (AvgIpc) is 2.71. The number of hydrogen-bond donors (Lipinski definition) is 2. The van der Waals surface area contributed by atoms with Crippen molar-refractivity contribution in [3.05, 3.63) is 42.5 Å². The summed E-state index contributed by atoms with van der Waals surface area (Å²) in [6.07, 6.45) is 7.94. The number of likely N-dealkylation sites (tertiary alicyclic amines) is 1. The van der Waals surface area contributed by atoms with Crippen LogP contribution in [0.2, 0.25) is 0 Å². The molecule has 28 heavy (non-hydrogen) atoms. The van der Waals surface area contributed by atoms with Gasteiger partial charge in [-0.15, -0.1) is 0 Å². The molecule has 2 aromatic rings. The number of rotatable bonds is 7. The first-order valence-electron chi connectivity index (χ1n) is 9.86. The van der Waals surface area contributed by atoms with Gasteiger partial charge in [0.1, 0.15) is 5.75 Å². The maximum atomic E-state index is 9.10. The Kier molecular flexibility index (Phi) is 9.28. The molecular weight excluding hydrogens is 358 g/mol. The van der Waals surface area contributed by atoms with E-state index in [4.69, 9.17) is 24.5 Å². The molecule has 0 bridgehead atoms. The van der Waals surface area contributed by atoms with Crippen LogP contribution in [0.15, 0.2) is 42.5 Å². The minimum atomic E-state index is -1.82. The Balaban J connectivity index is 0.000000409. The van der Waals surface area contributed by atoms with Gasteiger partial charge < -0.3 is 19.8 Å². The molecule has 0 saturated carbocycles. The van der Waals surface area contributed by atoms with E-state index in [9.17, 15) is 0 Å². The fraction of sp³-hybridized carbons (Fsp3) is 0.455. The van der Waals surface area contributed by atoms with Crippen molar-refractivity contribution >= 4 is 22.7 Å². The number of fused-ring (bicyclic) bond motifs is 1. The first-order valence-corrected chi connectivity index (χ1v) is 9.86. The fourth-order valence-corrected chi connectivity index (χ4v) is 3.24. The van der Waals surface area contributed by atoms with Gasteiger partial charge in [-0.2, -0.15) is 0 Å². The molecule has 0 spiro atoms. The smallest absolute Gasteiger partial charge is 0.414 e. The van der Waals surface area contributed by atoms with E-state index in [0.29, 0.717) is 0 Å². The van der Waals surface area contributed by atoms with E-state index in [-0.39, 0.29) is 0 Å². The van der Waals surface area contributed by atoms with E-state index in [1.807, 2.05) is 0 Å². The van der Waals surface area contributed by atoms with E-state index in [0.717, 1.165) is 18.8 Å². The van der Waals surface area contributed by atoms with Crippen LogP contribution in [0.5, 0.6) is 5.75 Å². The van der Waals surface area contributed by atoms with Crippen molar-refractivity contribution in [2.24, 2.45) is 0 Å². The Morgan fingerprint density at radius 2 is 1.54 bits per heavy atom. The maximum Gasteiger partial charge on any atom is 0.414 e. The van der Waals surface area contributed by atoms with Gasteiger partial charge in [-0.1, -0.05) is 36.8 Å². The number of unbranched alkanes of at least 4 members (excludes halogenated alkanes) is 2. The second-order valence-corrected chi connectivity index (χ2v) is 6.93. The highest BCUT2D eigenvalue weighted by Gasteiger charge is 2.08. The van der Waals surface area contributed by atoms with Crippen LogP contribution in [-0.4, -0.2) is 53.3 Å². The molecular formula is C22H29NO5. The minimum Gasteiger partial charge on any atom is -0.494 e. The zero-order valence-corrected chi connectivity index (χ0v) is 16.2. The monoisotopic (exact) mass is 387 g/mol. The number of carboxylic acid groups (broad SMARTS) is 2. The van der Waals surface area contributed by atoms with Crippen molar-refractivity contribution in [1.29, 1.82) is 0 Å². The summed E-state index contributed by atoms with van der Waals surface area (Å²) in [6.45, 7) is 4.73. The van der Waals surface area contributed by atoms with Gasteiger partial charge in [0, 0.05) is 0 Å². The quantitative estimate of drug-likeness (QED) is 0.551. The largest absolute Gasteiger partial charge is 0.494 e. The van der Waals surface area contributed by atoms with Crippen LogP contribution >= 0.6 is 0 Å². The summed E-state index contributed by atoms with van der Waals surface area (Å²) in [5.41, 5.74) is 0. The van der Waals surface area contributed by atoms with Gasteiger partial charge in [0.05, 0.1) is 6.61 Å². The summed E-state index contributed by atoms with van der Waals surface area (Å²) < 4.78 is 5.89. The molecule has 6 nitrogen and oxygen atoms in total. The standard InChI is InChI=1S/C20H27NO.C2H2O4/c1-5-13-21(14-6-1)15-7-2-8-16-22-20-12-11-18-9-3-4-10-19(18)17-20;3-1(4)2(5)6/h3-4,9-12,17H,1-2,5-8,13-16H2;(H,3,4)(H,5,6). The van der Waals surface area contributed by atoms with Crippen molar-refractivity contribution in [1.82, 2.24) is 4.90 Å².